The van der Waals surface area contributed by atoms with Crippen molar-refractivity contribution in [3.8, 4) is 0 Å². The molecule has 1 atom stereocenters. The van der Waals surface area contributed by atoms with Gasteiger partial charge in [0.2, 0.25) is 0 Å². The smallest absolute Gasteiger partial charge is 0.0521 e. The van der Waals surface area contributed by atoms with Crippen LogP contribution in [0.5, 0.6) is 0 Å². The van der Waals surface area contributed by atoms with E-state index in [1.807, 2.05) is 25.0 Å². The van der Waals surface area contributed by atoms with E-state index in [1.165, 1.54) is 11.1 Å². The second-order valence-electron chi connectivity index (χ2n) is 4.46. The molecule has 0 bridgehead atoms. The second-order valence-corrected chi connectivity index (χ2v) is 5.37. The zero-order valence-corrected chi connectivity index (χ0v) is 12.3. The number of hydrogen-bond donors (Lipinski definition) is 1. The molecule has 0 fully saturated rings. The molecular formula is C14H18BrN3. The molecule has 0 aliphatic rings. The van der Waals surface area contributed by atoms with Crippen LogP contribution in [0.1, 0.15) is 23.6 Å². The molecule has 0 aliphatic heterocycles. The highest BCUT2D eigenvalue weighted by molar-refractivity contribution is 9.10. The Morgan fingerprint density at radius 1 is 1.44 bits per heavy atom. The maximum atomic E-state index is 4.20. The number of aryl methyl sites for hydroxylation is 2. The van der Waals surface area contributed by atoms with Crippen molar-refractivity contribution in [3.05, 3.63) is 52.3 Å². The van der Waals surface area contributed by atoms with Crippen LogP contribution in [0.4, 0.5) is 0 Å². The lowest BCUT2D eigenvalue weighted by molar-refractivity contribution is 0.549. The molecule has 0 aliphatic carbocycles. The molecule has 1 heterocycles. The number of hydrogen-bond acceptors (Lipinski definition) is 2. The minimum atomic E-state index is 0.378. The van der Waals surface area contributed by atoms with Crippen molar-refractivity contribution in [2.75, 3.05) is 7.05 Å². The maximum absolute atomic E-state index is 4.20. The molecule has 1 aromatic heterocycles. The van der Waals surface area contributed by atoms with Crippen molar-refractivity contribution in [2.24, 2.45) is 7.05 Å². The summed E-state index contributed by atoms with van der Waals surface area (Å²) in [7, 11) is 3.96. The van der Waals surface area contributed by atoms with Crippen LogP contribution in [0.2, 0.25) is 0 Å². The monoisotopic (exact) mass is 307 g/mol. The lowest BCUT2D eigenvalue weighted by atomic mass is 10.0. The Morgan fingerprint density at radius 2 is 2.28 bits per heavy atom. The van der Waals surface area contributed by atoms with Crippen molar-refractivity contribution in [3.63, 3.8) is 0 Å². The SMILES string of the molecule is CNC(CCc1cnn(C)c1)c1cccc(Br)c1. The zero-order chi connectivity index (χ0) is 13.0. The minimum Gasteiger partial charge on any atom is -0.313 e. The third kappa shape index (κ3) is 3.43. The molecule has 1 aromatic carbocycles. The van der Waals surface area contributed by atoms with Crippen molar-refractivity contribution in [1.82, 2.24) is 15.1 Å². The van der Waals surface area contributed by atoms with Crippen LogP contribution >= 0.6 is 15.9 Å². The third-order valence-electron chi connectivity index (χ3n) is 3.08. The summed E-state index contributed by atoms with van der Waals surface area (Å²) < 4.78 is 2.98. The zero-order valence-electron chi connectivity index (χ0n) is 10.7. The van der Waals surface area contributed by atoms with Crippen molar-refractivity contribution in [1.29, 1.82) is 0 Å². The lowest BCUT2D eigenvalue weighted by Gasteiger charge is -2.16. The van der Waals surface area contributed by atoms with Gasteiger partial charge in [0.15, 0.2) is 0 Å². The first-order valence-corrected chi connectivity index (χ1v) is 6.88. The Balaban J connectivity index is 2.01. The summed E-state index contributed by atoms with van der Waals surface area (Å²) in [5, 5.41) is 7.57. The van der Waals surface area contributed by atoms with Gasteiger partial charge in [-0.3, -0.25) is 4.68 Å². The molecule has 0 saturated heterocycles. The number of aromatic nitrogens is 2. The molecule has 2 rings (SSSR count). The van der Waals surface area contributed by atoms with Gasteiger partial charge in [0.1, 0.15) is 0 Å². The summed E-state index contributed by atoms with van der Waals surface area (Å²) in [4.78, 5) is 0. The van der Waals surface area contributed by atoms with Crippen LogP contribution in [-0.2, 0) is 13.5 Å². The fraction of sp³-hybridized carbons (Fsp3) is 0.357. The normalized spacial score (nSPS) is 12.6. The number of nitrogens with zero attached hydrogens (tertiary/aromatic N) is 2. The van der Waals surface area contributed by atoms with E-state index in [9.17, 15) is 0 Å². The van der Waals surface area contributed by atoms with Crippen molar-refractivity contribution < 1.29 is 0 Å². The quantitative estimate of drug-likeness (QED) is 0.920. The Hall–Kier alpha value is -1.13. The number of halogens is 1. The van der Waals surface area contributed by atoms with Gasteiger partial charge in [-0.05, 0) is 43.1 Å². The topological polar surface area (TPSA) is 29.9 Å². The highest BCUT2D eigenvalue weighted by Gasteiger charge is 2.10. The number of benzene rings is 1. The summed E-state index contributed by atoms with van der Waals surface area (Å²) >= 11 is 3.52. The van der Waals surface area contributed by atoms with Gasteiger partial charge >= 0.3 is 0 Å². The summed E-state index contributed by atoms with van der Waals surface area (Å²) in [6.45, 7) is 0. The molecular weight excluding hydrogens is 290 g/mol. The van der Waals surface area contributed by atoms with E-state index in [0.29, 0.717) is 6.04 Å². The second kappa shape index (κ2) is 6.16. The first-order chi connectivity index (χ1) is 8.69. The molecule has 0 amide bonds. The van der Waals surface area contributed by atoms with Crippen molar-refractivity contribution in [2.45, 2.75) is 18.9 Å². The standard InChI is InChI=1S/C14H18BrN3/c1-16-14(12-4-3-5-13(15)8-12)7-6-11-9-17-18(2)10-11/h3-5,8-10,14,16H,6-7H2,1-2H3. The molecule has 0 spiro atoms. The highest BCUT2D eigenvalue weighted by atomic mass is 79.9. The number of nitrogens with one attached hydrogen (secondary N) is 1. The molecule has 1 unspecified atom stereocenters. The van der Waals surface area contributed by atoms with E-state index in [1.54, 1.807) is 0 Å². The Kier molecular flexibility index (Phi) is 4.55. The van der Waals surface area contributed by atoms with Crippen LogP contribution in [0, 0.1) is 0 Å². The largest absolute Gasteiger partial charge is 0.313 e. The molecule has 1 N–H and O–H groups in total. The van der Waals surface area contributed by atoms with Gasteiger partial charge in [0, 0.05) is 23.8 Å². The van der Waals surface area contributed by atoms with Gasteiger partial charge in [0.05, 0.1) is 6.20 Å². The molecule has 2 aromatic rings. The van der Waals surface area contributed by atoms with Gasteiger partial charge in [-0.2, -0.15) is 5.10 Å². The van der Waals surface area contributed by atoms with Crippen LogP contribution in [-0.4, -0.2) is 16.8 Å². The average molecular weight is 308 g/mol. The predicted molar refractivity (Wildman–Crippen MR) is 77.5 cm³/mol. The Labute approximate surface area is 116 Å². The molecule has 0 radical (unpaired) electrons. The van der Waals surface area contributed by atoms with Gasteiger partial charge in [0.25, 0.3) is 0 Å². The summed E-state index contributed by atoms with van der Waals surface area (Å²) in [6, 6.07) is 8.84. The van der Waals surface area contributed by atoms with Crippen LogP contribution in [0.15, 0.2) is 41.1 Å². The third-order valence-corrected chi connectivity index (χ3v) is 3.57. The van der Waals surface area contributed by atoms with Gasteiger partial charge in [-0.1, -0.05) is 28.1 Å². The molecule has 4 heteroatoms. The van der Waals surface area contributed by atoms with E-state index < -0.39 is 0 Å². The van der Waals surface area contributed by atoms with Gasteiger partial charge in [-0.15, -0.1) is 0 Å². The van der Waals surface area contributed by atoms with Crippen LogP contribution in [0.25, 0.3) is 0 Å². The van der Waals surface area contributed by atoms with E-state index in [4.69, 9.17) is 0 Å². The predicted octanol–water partition coefficient (Wildman–Crippen LogP) is 3.08. The maximum Gasteiger partial charge on any atom is 0.0521 e. The average Bonchev–Trinajstić information content (AvgIpc) is 2.76. The molecule has 3 nitrogen and oxygen atoms in total. The first-order valence-electron chi connectivity index (χ1n) is 6.09. The minimum absolute atomic E-state index is 0.378. The van der Waals surface area contributed by atoms with Gasteiger partial charge < -0.3 is 5.32 Å². The Morgan fingerprint density at radius 3 is 2.89 bits per heavy atom. The van der Waals surface area contributed by atoms with E-state index in [-0.39, 0.29) is 0 Å². The van der Waals surface area contributed by atoms with Crippen molar-refractivity contribution >= 4 is 15.9 Å². The summed E-state index contributed by atoms with van der Waals surface area (Å²) in [6.07, 6.45) is 6.12. The van der Waals surface area contributed by atoms with E-state index in [2.05, 4.69) is 56.8 Å². The molecule has 0 saturated carbocycles. The fourth-order valence-corrected chi connectivity index (χ4v) is 2.53. The lowest BCUT2D eigenvalue weighted by Crippen LogP contribution is -2.17. The fourth-order valence-electron chi connectivity index (χ4n) is 2.11. The van der Waals surface area contributed by atoms with E-state index in [0.717, 1.165) is 17.3 Å². The van der Waals surface area contributed by atoms with E-state index >= 15 is 0 Å². The Bertz CT molecular complexity index is 507. The van der Waals surface area contributed by atoms with Gasteiger partial charge in [-0.25, -0.2) is 0 Å². The summed E-state index contributed by atoms with van der Waals surface area (Å²) in [5.41, 5.74) is 2.60. The van der Waals surface area contributed by atoms with Crippen LogP contribution < -0.4 is 5.32 Å². The summed E-state index contributed by atoms with van der Waals surface area (Å²) in [5.74, 6) is 0. The first kappa shape index (κ1) is 13.3. The molecule has 96 valence electrons. The van der Waals surface area contributed by atoms with Crippen LogP contribution in [0.3, 0.4) is 0 Å². The highest BCUT2D eigenvalue weighted by Crippen LogP contribution is 2.22. The number of rotatable bonds is 5. The molecule has 18 heavy (non-hydrogen) atoms.